The standard InChI is InChI=1S/C24H30N2O2/c1-2-28-23-13-7-6-10-20(23)14-15-24(27)25-18-21-11-4-5-12-22(21)19-26-16-8-3-9-17-26/h4-7,10-15H,2-3,8-9,16-19H2,1H3,(H,25,27)/b15-14+. The summed E-state index contributed by atoms with van der Waals surface area (Å²) >= 11 is 0. The molecule has 0 radical (unpaired) electrons. The third kappa shape index (κ3) is 5.96. The van der Waals surface area contributed by atoms with Crippen LogP contribution in [-0.4, -0.2) is 30.5 Å². The van der Waals surface area contributed by atoms with Crippen LogP contribution < -0.4 is 10.1 Å². The van der Waals surface area contributed by atoms with Gasteiger partial charge in [-0.15, -0.1) is 0 Å². The lowest BCUT2D eigenvalue weighted by Gasteiger charge is -2.27. The Morgan fingerprint density at radius 1 is 1.04 bits per heavy atom. The number of benzene rings is 2. The third-order valence-electron chi connectivity index (χ3n) is 5.05. The summed E-state index contributed by atoms with van der Waals surface area (Å²) in [7, 11) is 0. The second kappa shape index (κ2) is 10.7. The molecule has 1 fully saturated rings. The summed E-state index contributed by atoms with van der Waals surface area (Å²) in [5.41, 5.74) is 3.39. The van der Waals surface area contributed by atoms with E-state index in [1.165, 1.54) is 43.5 Å². The van der Waals surface area contributed by atoms with Gasteiger partial charge in [-0.3, -0.25) is 9.69 Å². The predicted molar refractivity (Wildman–Crippen MR) is 114 cm³/mol. The Balaban J connectivity index is 1.57. The fraction of sp³-hybridized carbons (Fsp3) is 0.375. The summed E-state index contributed by atoms with van der Waals surface area (Å²) in [5.74, 6) is 0.694. The lowest BCUT2D eigenvalue weighted by molar-refractivity contribution is -0.116. The second-order valence-electron chi connectivity index (χ2n) is 7.13. The number of ether oxygens (including phenoxy) is 1. The number of carbonyl (C=O) groups excluding carboxylic acids is 1. The van der Waals surface area contributed by atoms with E-state index in [9.17, 15) is 4.79 Å². The van der Waals surface area contributed by atoms with Gasteiger partial charge in [0.1, 0.15) is 5.75 Å². The molecule has 0 aliphatic carbocycles. The Morgan fingerprint density at radius 3 is 2.54 bits per heavy atom. The van der Waals surface area contributed by atoms with Crippen molar-refractivity contribution in [1.82, 2.24) is 10.2 Å². The molecule has 0 saturated carbocycles. The summed E-state index contributed by atoms with van der Waals surface area (Å²) in [4.78, 5) is 14.8. The van der Waals surface area contributed by atoms with Gasteiger partial charge < -0.3 is 10.1 Å². The van der Waals surface area contributed by atoms with E-state index in [0.29, 0.717) is 13.2 Å². The number of likely N-dealkylation sites (tertiary alicyclic amines) is 1. The minimum absolute atomic E-state index is 0.0981. The summed E-state index contributed by atoms with van der Waals surface area (Å²) in [6, 6.07) is 16.1. The van der Waals surface area contributed by atoms with Crippen LogP contribution in [0.25, 0.3) is 6.08 Å². The molecule has 1 saturated heterocycles. The number of amides is 1. The van der Waals surface area contributed by atoms with Gasteiger partial charge in [-0.2, -0.15) is 0 Å². The molecule has 0 atom stereocenters. The summed E-state index contributed by atoms with van der Waals surface area (Å²) in [6.45, 7) is 6.40. The quantitative estimate of drug-likeness (QED) is 0.692. The van der Waals surface area contributed by atoms with Gasteiger partial charge in [0.25, 0.3) is 0 Å². The highest BCUT2D eigenvalue weighted by atomic mass is 16.5. The van der Waals surface area contributed by atoms with E-state index in [1.807, 2.05) is 37.3 Å². The van der Waals surface area contributed by atoms with Crippen molar-refractivity contribution >= 4 is 12.0 Å². The number of piperidine rings is 1. The minimum Gasteiger partial charge on any atom is -0.493 e. The molecule has 4 nitrogen and oxygen atoms in total. The summed E-state index contributed by atoms with van der Waals surface area (Å²) in [6.07, 6.45) is 7.29. The molecule has 1 N–H and O–H groups in total. The molecular weight excluding hydrogens is 348 g/mol. The van der Waals surface area contributed by atoms with Crippen LogP contribution in [0.3, 0.4) is 0 Å². The molecule has 1 aliphatic heterocycles. The number of nitrogens with zero attached hydrogens (tertiary/aromatic N) is 1. The van der Waals surface area contributed by atoms with Crippen LogP contribution in [0.15, 0.2) is 54.6 Å². The molecule has 1 aliphatic rings. The van der Waals surface area contributed by atoms with Crippen LogP contribution in [0.5, 0.6) is 5.75 Å². The van der Waals surface area contributed by atoms with Gasteiger partial charge in [-0.1, -0.05) is 48.9 Å². The number of carbonyl (C=O) groups is 1. The van der Waals surface area contributed by atoms with Crippen LogP contribution in [0.4, 0.5) is 0 Å². The van der Waals surface area contributed by atoms with Crippen LogP contribution in [0.1, 0.15) is 42.9 Å². The average Bonchev–Trinajstić information content (AvgIpc) is 2.73. The Hall–Kier alpha value is -2.59. The van der Waals surface area contributed by atoms with Crippen molar-refractivity contribution in [2.24, 2.45) is 0 Å². The largest absolute Gasteiger partial charge is 0.493 e. The van der Waals surface area contributed by atoms with Crippen molar-refractivity contribution in [3.63, 3.8) is 0 Å². The number of rotatable bonds is 8. The normalized spacial score (nSPS) is 14.9. The first-order valence-corrected chi connectivity index (χ1v) is 10.2. The van der Waals surface area contributed by atoms with Crippen molar-refractivity contribution in [3.05, 3.63) is 71.3 Å². The monoisotopic (exact) mass is 378 g/mol. The number of hydrogen-bond acceptors (Lipinski definition) is 3. The van der Waals surface area contributed by atoms with Crippen LogP contribution in [0.2, 0.25) is 0 Å². The van der Waals surface area contributed by atoms with Gasteiger partial charge in [0.05, 0.1) is 6.61 Å². The van der Waals surface area contributed by atoms with Gasteiger partial charge in [-0.05, 0) is 56.1 Å². The first-order valence-electron chi connectivity index (χ1n) is 10.2. The molecule has 0 bridgehead atoms. The molecule has 28 heavy (non-hydrogen) atoms. The van der Waals surface area contributed by atoms with E-state index >= 15 is 0 Å². The van der Waals surface area contributed by atoms with Crippen molar-refractivity contribution < 1.29 is 9.53 Å². The predicted octanol–water partition coefficient (Wildman–Crippen LogP) is 4.40. The fourth-order valence-electron chi connectivity index (χ4n) is 3.55. The third-order valence-corrected chi connectivity index (χ3v) is 5.05. The average molecular weight is 379 g/mol. The first-order chi connectivity index (χ1) is 13.8. The molecule has 1 amide bonds. The molecule has 0 unspecified atom stereocenters. The van der Waals surface area contributed by atoms with Gasteiger partial charge in [-0.25, -0.2) is 0 Å². The van der Waals surface area contributed by atoms with E-state index in [4.69, 9.17) is 4.74 Å². The first kappa shape index (κ1) is 20.2. The Labute approximate surface area is 168 Å². The molecule has 4 heteroatoms. The second-order valence-corrected chi connectivity index (χ2v) is 7.13. The number of nitrogens with one attached hydrogen (secondary N) is 1. The van der Waals surface area contributed by atoms with Crippen molar-refractivity contribution in [1.29, 1.82) is 0 Å². The van der Waals surface area contributed by atoms with E-state index in [-0.39, 0.29) is 5.91 Å². The van der Waals surface area contributed by atoms with Crippen molar-refractivity contribution in [3.8, 4) is 5.75 Å². The van der Waals surface area contributed by atoms with E-state index in [1.54, 1.807) is 12.2 Å². The van der Waals surface area contributed by atoms with Crippen molar-refractivity contribution in [2.45, 2.75) is 39.3 Å². The highest BCUT2D eigenvalue weighted by Crippen LogP contribution is 2.19. The summed E-state index contributed by atoms with van der Waals surface area (Å²) < 4.78 is 5.60. The smallest absolute Gasteiger partial charge is 0.244 e. The Bertz CT molecular complexity index is 795. The fourth-order valence-corrected chi connectivity index (χ4v) is 3.55. The zero-order valence-corrected chi connectivity index (χ0v) is 16.7. The summed E-state index contributed by atoms with van der Waals surface area (Å²) in [5, 5.41) is 3.01. The van der Waals surface area contributed by atoms with E-state index in [2.05, 4.69) is 28.4 Å². The maximum atomic E-state index is 12.3. The zero-order chi connectivity index (χ0) is 19.6. The maximum Gasteiger partial charge on any atom is 0.244 e. The Morgan fingerprint density at radius 2 is 1.75 bits per heavy atom. The SMILES string of the molecule is CCOc1ccccc1/C=C/C(=O)NCc1ccccc1CN1CCCCC1. The lowest BCUT2D eigenvalue weighted by atomic mass is 10.0. The molecule has 2 aromatic rings. The molecule has 0 aromatic heterocycles. The van der Waals surface area contributed by atoms with Gasteiger partial charge >= 0.3 is 0 Å². The van der Waals surface area contributed by atoms with Crippen LogP contribution >= 0.6 is 0 Å². The van der Waals surface area contributed by atoms with Crippen LogP contribution in [0, 0.1) is 0 Å². The molecule has 0 spiro atoms. The Kier molecular flexibility index (Phi) is 7.68. The molecule has 2 aromatic carbocycles. The zero-order valence-electron chi connectivity index (χ0n) is 16.7. The van der Waals surface area contributed by atoms with Gasteiger partial charge in [0.2, 0.25) is 5.91 Å². The van der Waals surface area contributed by atoms with Crippen LogP contribution in [-0.2, 0) is 17.9 Å². The molecule has 148 valence electrons. The highest BCUT2D eigenvalue weighted by molar-refractivity contribution is 5.92. The molecular formula is C24H30N2O2. The minimum atomic E-state index is -0.0981. The van der Waals surface area contributed by atoms with Gasteiger partial charge in [0, 0.05) is 24.7 Å². The molecule has 1 heterocycles. The maximum absolute atomic E-state index is 12.3. The van der Waals surface area contributed by atoms with Gasteiger partial charge in [0.15, 0.2) is 0 Å². The lowest BCUT2D eigenvalue weighted by Crippen LogP contribution is -2.30. The number of para-hydroxylation sites is 1. The number of hydrogen-bond donors (Lipinski definition) is 1. The highest BCUT2D eigenvalue weighted by Gasteiger charge is 2.12. The van der Waals surface area contributed by atoms with Crippen molar-refractivity contribution in [2.75, 3.05) is 19.7 Å². The van der Waals surface area contributed by atoms with E-state index < -0.39 is 0 Å². The van der Waals surface area contributed by atoms with E-state index in [0.717, 1.165) is 17.9 Å². The molecule has 3 rings (SSSR count). The topological polar surface area (TPSA) is 41.6 Å².